The largest absolute Gasteiger partial charge is 0.482 e. The van der Waals surface area contributed by atoms with Crippen molar-refractivity contribution in [1.82, 2.24) is 10.3 Å². The number of nitrogens with one attached hydrogen (secondary N) is 2. The SMILES string of the molecule is C[C@@H]1C[C@@H]2[C@H](C[C@H](O)[C@@]3(F)[C@H]2CCC2=CC(=O)C=C[C@@]23C)[C@@]1(O)C(=O)COC(=O)c1ccc(OCC(=O)OCc2ccc([C@@H](CNC(=O)OC(C)(C)C)C(=O)Nc3ccc4cnccc4c3)cc2)cc1. The van der Waals surface area contributed by atoms with Crippen molar-refractivity contribution >= 4 is 52.0 Å². The molecule has 1 heterocycles. The number of carbonyl (C=O) groups excluding carboxylic acids is 6. The molecular weight excluding hydrogens is 902 g/mol. The first-order chi connectivity index (χ1) is 33.2. The van der Waals surface area contributed by atoms with E-state index in [-0.39, 0.29) is 42.6 Å². The quantitative estimate of drug-likeness (QED) is 0.0723. The Morgan fingerprint density at radius 2 is 1.67 bits per heavy atom. The number of carbonyl (C=O) groups is 6. The Hall–Kier alpha value is -6.78. The van der Waals surface area contributed by atoms with Gasteiger partial charge in [0.05, 0.1) is 17.6 Å². The predicted octanol–water partition coefficient (Wildman–Crippen LogP) is 7.29. The molecule has 15 nitrogen and oxygen atoms in total. The minimum atomic E-state index is -2.10. The van der Waals surface area contributed by atoms with Crippen LogP contribution in [-0.2, 0) is 40.0 Å². The van der Waals surface area contributed by atoms with Crippen LogP contribution in [0, 0.1) is 29.1 Å². The Balaban J connectivity index is 0.814. The van der Waals surface area contributed by atoms with Crippen LogP contribution in [0.5, 0.6) is 5.75 Å². The number of esters is 2. The van der Waals surface area contributed by atoms with Crippen LogP contribution in [0.15, 0.2) is 109 Å². The van der Waals surface area contributed by atoms with Crippen LogP contribution < -0.4 is 15.4 Å². The van der Waals surface area contributed by atoms with E-state index in [0.717, 1.165) is 10.8 Å². The summed E-state index contributed by atoms with van der Waals surface area (Å²) in [6.07, 6.45) is 6.55. The van der Waals surface area contributed by atoms with E-state index >= 15 is 4.39 Å². The molecule has 3 fully saturated rings. The maximum absolute atomic E-state index is 17.4. The highest BCUT2D eigenvalue weighted by atomic mass is 19.1. The van der Waals surface area contributed by atoms with Crippen LogP contribution in [0.2, 0.25) is 0 Å². The van der Waals surface area contributed by atoms with Crippen LogP contribution >= 0.6 is 0 Å². The molecule has 8 rings (SSSR count). The summed E-state index contributed by atoms with van der Waals surface area (Å²) in [6, 6.07) is 19.8. The molecule has 0 saturated heterocycles. The number of hydrogen-bond acceptors (Lipinski definition) is 13. The number of benzene rings is 3. The molecule has 16 heteroatoms. The molecule has 0 bridgehead atoms. The van der Waals surface area contributed by atoms with E-state index in [1.165, 1.54) is 36.4 Å². The van der Waals surface area contributed by atoms with E-state index in [0.29, 0.717) is 41.6 Å². The lowest BCUT2D eigenvalue weighted by Crippen LogP contribution is -2.66. The molecule has 4 aromatic rings. The number of aromatic nitrogens is 1. The normalized spacial score (nSPS) is 27.2. The molecule has 4 aliphatic carbocycles. The number of aliphatic hydroxyl groups is 2. The first kappa shape index (κ1) is 49.6. The highest BCUT2D eigenvalue weighted by molar-refractivity contribution is 6.01. The minimum Gasteiger partial charge on any atom is -0.482 e. The molecule has 0 spiro atoms. The summed E-state index contributed by atoms with van der Waals surface area (Å²) in [5.74, 6) is -5.84. The van der Waals surface area contributed by atoms with Gasteiger partial charge in [0.15, 0.2) is 24.7 Å². The average molecular weight is 960 g/mol. The lowest BCUT2D eigenvalue weighted by molar-refractivity contribution is -0.191. The second-order valence-electron chi connectivity index (χ2n) is 20.1. The Labute approximate surface area is 404 Å². The lowest BCUT2D eigenvalue weighted by Gasteiger charge is -2.59. The van der Waals surface area contributed by atoms with Crippen molar-refractivity contribution in [3.63, 3.8) is 0 Å². The van der Waals surface area contributed by atoms with Crippen molar-refractivity contribution in [3.05, 3.63) is 126 Å². The zero-order valence-electron chi connectivity index (χ0n) is 39.7. The zero-order chi connectivity index (χ0) is 50.2. The third-order valence-corrected chi connectivity index (χ3v) is 14.6. The van der Waals surface area contributed by atoms with Gasteiger partial charge < -0.3 is 39.8 Å². The predicted molar refractivity (Wildman–Crippen MR) is 254 cm³/mol. The Kier molecular flexibility index (Phi) is 13.9. The molecule has 4 N–H and O–H groups in total. The van der Waals surface area contributed by atoms with Crippen molar-refractivity contribution in [2.75, 3.05) is 25.1 Å². The molecule has 70 heavy (non-hydrogen) atoms. The Bertz CT molecular complexity index is 2750. The van der Waals surface area contributed by atoms with Crippen molar-refractivity contribution in [1.29, 1.82) is 0 Å². The van der Waals surface area contributed by atoms with E-state index in [2.05, 4.69) is 15.6 Å². The molecule has 0 radical (unpaired) electrons. The van der Waals surface area contributed by atoms with E-state index in [4.69, 9.17) is 18.9 Å². The number of hydrogen-bond donors (Lipinski definition) is 4. The van der Waals surface area contributed by atoms with Crippen LogP contribution in [0.25, 0.3) is 10.8 Å². The summed E-state index contributed by atoms with van der Waals surface area (Å²) in [5.41, 5.74) is -3.49. The third-order valence-electron chi connectivity index (χ3n) is 14.6. The topological polar surface area (TPSA) is 217 Å². The maximum Gasteiger partial charge on any atom is 0.407 e. The molecule has 368 valence electrons. The second-order valence-corrected chi connectivity index (χ2v) is 20.1. The smallest absolute Gasteiger partial charge is 0.407 e. The van der Waals surface area contributed by atoms with E-state index in [1.54, 1.807) is 83.4 Å². The maximum atomic E-state index is 17.4. The molecular formula is C54H58FN3O12. The molecule has 0 unspecified atom stereocenters. The number of alkyl halides is 1. The number of anilines is 1. The number of alkyl carbamates (subject to hydrolysis) is 1. The van der Waals surface area contributed by atoms with Gasteiger partial charge in [-0.3, -0.25) is 19.4 Å². The first-order valence-electron chi connectivity index (χ1n) is 23.5. The van der Waals surface area contributed by atoms with Gasteiger partial charge in [-0.05, 0) is 136 Å². The van der Waals surface area contributed by atoms with Crippen molar-refractivity contribution < 1.29 is 62.3 Å². The molecule has 4 aliphatic rings. The van der Waals surface area contributed by atoms with Gasteiger partial charge in [0.1, 0.15) is 23.6 Å². The van der Waals surface area contributed by atoms with Gasteiger partial charge >= 0.3 is 18.0 Å². The highest BCUT2D eigenvalue weighted by Crippen LogP contribution is 2.66. The number of ketones is 2. The Morgan fingerprint density at radius 3 is 2.40 bits per heavy atom. The van der Waals surface area contributed by atoms with E-state index in [1.807, 2.05) is 18.2 Å². The number of amides is 2. The number of allylic oxidation sites excluding steroid dienone is 4. The van der Waals surface area contributed by atoms with Gasteiger partial charge in [-0.2, -0.15) is 0 Å². The first-order valence-corrected chi connectivity index (χ1v) is 23.5. The van der Waals surface area contributed by atoms with E-state index < -0.39 is 95.0 Å². The molecule has 9 atom stereocenters. The van der Waals surface area contributed by atoms with Gasteiger partial charge in [-0.25, -0.2) is 18.8 Å². The highest BCUT2D eigenvalue weighted by Gasteiger charge is 2.71. The summed E-state index contributed by atoms with van der Waals surface area (Å²) in [6.45, 7) is 7.29. The number of pyridine rings is 1. The number of Topliss-reactive ketones (excluding diaryl/α,β-unsaturated/α-hetero) is 1. The standard InChI is InChI=1S/C54H58FN3O12/c1-31-22-41-43-17-13-37-24-39(59)18-20-52(37,5)54(43,55)45(60)25-44(41)53(31,66)46(61)29-69-49(64)34-11-15-40(16-12-34)67-30-47(62)68-28-32-6-8-33(9-7-32)42(27-57-50(65)70-51(2,3)4)48(63)58-38-14-10-36-26-56-21-19-35(36)23-38/h6-12,14-16,18-21,23-24,26,31,41-45,60,66H,13,17,22,25,27-30H2,1-5H3,(H,57,65)(H,58,63)/t31-,41+,42-,43+,44+,45+,52+,53-,54+/m1/s1. The minimum absolute atomic E-state index is 0.0582. The number of rotatable bonds is 14. The summed E-state index contributed by atoms with van der Waals surface area (Å²) >= 11 is 0. The van der Waals surface area contributed by atoms with Crippen LogP contribution in [0.3, 0.4) is 0 Å². The number of fused-ring (bicyclic) bond motifs is 6. The monoisotopic (exact) mass is 959 g/mol. The summed E-state index contributed by atoms with van der Waals surface area (Å²) in [7, 11) is 0. The third kappa shape index (κ3) is 9.84. The molecule has 1 aromatic heterocycles. The number of ether oxygens (including phenoxy) is 4. The van der Waals surface area contributed by atoms with Gasteiger partial charge in [-0.15, -0.1) is 0 Å². The fourth-order valence-corrected chi connectivity index (χ4v) is 11.1. The fourth-order valence-electron chi connectivity index (χ4n) is 11.1. The average Bonchev–Trinajstić information content (AvgIpc) is 3.58. The Morgan fingerprint density at radius 1 is 0.929 bits per heavy atom. The van der Waals surface area contributed by atoms with Crippen molar-refractivity contribution in [2.24, 2.45) is 29.1 Å². The fraction of sp³-hybridized carbons (Fsp3) is 0.426. The zero-order valence-corrected chi connectivity index (χ0v) is 39.7. The van der Waals surface area contributed by atoms with Gasteiger partial charge in [0, 0.05) is 47.3 Å². The van der Waals surface area contributed by atoms with Gasteiger partial charge in [0.2, 0.25) is 11.7 Å². The second kappa shape index (κ2) is 19.5. The summed E-state index contributed by atoms with van der Waals surface area (Å²) in [4.78, 5) is 82.0. The van der Waals surface area contributed by atoms with Crippen LogP contribution in [0.1, 0.15) is 87.7 Å². The number of aliphatic hydroxyl groups excluding tert-OH is 1. The van der Waals surface area contributed by atoms with Crippen molar-refractivity contribution in [3.8, 4) is 5.75 Å². The van der Waals surface area contributed by atoms with Gasteiger partial charge in [-0.1, -0.05) is 48.9 Å². The number of nitrogens with zero attached hydrogens (tertiary/aromatic N) is 1. The number of halogens is 1. The molecule has 0 aliphatic heterocycles. The lowest BCUT2D eigenvalue weighted by atomic mass is 9.48. The summed E-state index contributed by atoms with van der Waals surface area (Å²) < 4.78 is 39.1. The molecule has 3 saturated carbocycles. The summed E-state index contributed by atoms with van der Waals surface area (Å²) in [5, 5.41) is 30.9. The van der Waals surface area contributed by atoms with Crippen LogP contribution in [0.4, 0.5) is 14.9 Å². The van der Waals surface area contributed by atoms with Gasteiger partial charge in [0.25, 0.3) is 0 Å². The van der Waals surface area contributed by atoms with E-state index in [9.17, 15) is 39.0 Å². The molecule has 2 amide bonds. The van der Waals surface area contributed by atoms with Crippen molar-refractivity contribution in [2.45, 2.75) is 95.8 Å². The molecule has 3 aromatic carbocycles. The van der Waals surface area contributed by atoms with Crippen LogP contribution in [-0.4, -0.2) is 93.4 Å².